The normalized spacial score (nSPS) is 24.4. The quantitative estimate of drug-likeness (QED) is 0.0180. The van der Waals surface area contributed by atoms with Gasteiger partial charge in [-0.15, -0.1) is 0 Å². The van der Waals surface area contributed by atoms with Crippen LogP contribution < -0.4 is 11.1 Å². The Morgan fingerprint density at radius 3 is 1.53 bits per heavy atom. The van der Waals surface area contributed by atoms with Crippen LogP contribution in [-0.2, 0) is 28.7 Å². The lowest BCUT2D eigenvalue weighted by Crippen LogP contribution is -2.58. The van der Waals surface area contributed by atoms with Gasteiger partial charge in [0.1, 0.15) is 30.1 Å². The largest absolute Gasteiger partial charge is 0.393 e. The summed E-state index contributed by atoms with van der Waals surface area (Å²) in [7, 11) is 0. The van der Waals surface area contributed by atoms with Crippen LogP contribution in [0.2, 0.25) is 0 Å². The van der Waals surface area contributed by atoms with E-state index in [0.717, 1.165) is 0 Å². The summed E-state index contributed by atoms with van der Waals surface area (Å²) in [6, 6.07) is -1.05. The summed E-state index contributed by atoms with van der Waals surface area (Å²) in [5.74, 6) is -3.16. The fraction of sp³-hybridized carbons (Fsp3) is 0.571. The number of carbonyl (C=O) groups excluding carboxylic acids is 4. The third-order valence-corrected chi connectivity index (χ3v) is 15.5. The standard InChI is InChI=1S/C70H106N2O20/c1-46(27-20-16-12-8-5-6-11-15-19-23-35-64(86)72-65-60(83)36-37-61(65)84)66(87)48(3)59(82)33-21-17-13-9-7-10-14-18-22-34-63(92-70-69(90)68(89)67(88)49(4)91-70)47(2)62(85)45-58(81)44-57(80)42-53(76)31-25-30-52(75)41-56(79)43-55(78)40-51(74)29-24-28-50(73)39-54(77)32-26-38-71/h5-25,27,29,31,33,35,46-59,63,65-70,73-82,87-90H,26,28,30,32,34,36-45,71H2,1-4H3,(H,72,86)/b8-5+,9-7?,11-6+,14-10?,16-12+,17-13?,19-15?,22-18?,27-20+,29-24?,31-25?,33-21?,35-23?. The number of Topliss-reactive ketones (excluding diaryl/α,β-unsaturated/α-hetero) is 3. The Kier molecular flexibility index (Phi) is 42.4. The zero-order chi connectivity index (χ0) is 68.5. The third-order valence-electron chi connectivity index (χ3n) is 15.5. The Labute approximate surface area is 542 Å². The maximum absolute atomic E-state index is 13.6. The van der Waals surface area contributed by atoms with Crippen molar-refractivity contribution in [2.45, 2.75) is 228 Å². The number of amides is 1. The van der Waals surface area contributed by atoms with Gasteiger partial charge >= 0.3 is 0 Å². The average Bonchev–Trinajstić information content (AvgIpc) is 1.04. The molecule has 0 spiro atoms. The van der Waals surface area contributed by atoms with E-state index in [4.69, 9.17) is 15.2 Å². The molecule has 1 heterocycles. The molecule has 2 aliphatic rings. The van der Waals surface area contributed by atoms with Crippen LogP contribution in [-0.4, -0.2) is 211 Å². The number of carbonyl (C=O) groups is 4. The van der Waals surface area contributed by atoms with Crippen LogP contribution in [0.25, 0.3) is 0 Å². The third kappa shape index (κ3) is 35.6. The summed E-state index contributed by atoms with van der Waals surface area (Å²) in [5, 5.41) is 149. The van der Waals surface area contributed by atoms with E-state index < -0.39 is 140 Å². The SMILES string of the molecule is CC(/C=C/C=C/C=C/C=C/C=CC=CC(=O)NC1C(=O)CCC1=O)C(O)C(C)C(O)C=CC=CC=CC=CC=CCC(OC1OC(C)C(O)C(O)C1O)C(C)C(=O)CC(O)CC(O)CC(O)C=CCC(O)CC(O)CC(O)CC(O)C=CCC(O)CC(O)CCCN. The number of aliphatic hydroxyl groups is 14. The second-order valence-corrected chi connectivity index (χ2v) is 23.8. The molecule has 0 bridgehead atoms. The van der Waals surface area contributed by atoms with Gasteiger partial charge in [0, 0.05) is 55.9 Å². The van der Waals surface area contributed by atoms with Gasteiger partial charge in [-0.3, -0.25) is 19.2 Å². The van der Waals surface area contributed by atoms with Crippen LogP contribution >= 0.6 is 0 Å². The number of allylic oxidation sites excluding steroid dienone is 18. The highest BCUT2D eigenvalue weighted by Gasteiger charge is 2.44. The molecule has 0 aromatic heterocycles. The molecule has 1 aliphatic heterocycles. The minimum Gasteiger partial charge on any atom is -0.393 e. The van der Waals surface area contributed by atoms with Crippen molar-refractivity contribution in [3.05, 3.63) is 158 Å². The van der Waals surface area contributed by atoms with Crippen molar-refractivity contribution in [2.24, 2.45) is 23.5 Å². The molecule has 22 nitrogen and oxygen atoms in total. The zero-order valence-electron chi connectivity index (χ0n) is 53.5. The van der Waals surface area contributed by atoms with Crippen molar-refractivity contribution in [1.29, 1.82) is 0 Å². The number of aliphatic hydroxyl groups excluding tert-OH is 14. The van der Waals surface area contributed by atoms with Crippen LogP contribution in [0.15, 0.2) is 158 Å². The second kappa shape index (κ2) is 47.3. The molecule has 1 amide bonds. The van der Waals surface area contributed by atoms with Gasteiger partial charge in [-0.1, -0.05) is 173 Å². The summed E-state index contributed by atoms with van der Waals surface area (Å²) in [6.45, 7) is 7.10. The average molecular weight is 1300 g/mol. The molecule has 1 saturated carbocycles. The lowest BCUT2D eigenvalue weighted by Gasteiger charge is -2.41. The number of hydrogen-bond acceptors (Lipinski definition) is 21. The Hall–Kier alpha value is -5.58. The number of nitrogens with one attached hydrogen (secondary N) is 1. The monoisotopic (exact) mass is 1290 g/mol. The number of ketones is 3. The van der Waals surface area contributed by atoms with Gasteiger partial charge in [0.2, 0.25) is 5.91 Å². The molecule has 0 aromatic rings. The predicted octanol–water partition coefficient (Wildman–Crippen LogP) is 2.93. The summed E-state index contributed by atoms with van der Waals surface area (Å²) >= 11 is 0. The smallest absolute Gasteiger partial charge is 0.244 e. The van der Waals surface area contributed by atoms with Gasteiger partial charge in [-0.05, 0) is 71.3 Å². The van der Waals surface area contributed by atoms with Crippen molar-refractivity contribution in [3.8, 4) is 0 Å². The van der Waals surface area contributed by atoms with Gasteiger partial charge in [-0.2, -0.15) is 0 Å². The first-order chi connectivity index (χ1) is 43.7. The van der Waals surface area contributed by atoms with E-state index in [0.29, 0.717) is 19.4 Å². The highest BCUT2D eigenvalue weighted by atomic mass is 16.7. The van der Waals surface area contributed by atoms with Gasteiger partial charge in [0.25, 0.3) is 0 Å². The molecule has 516 valence electrons. The molecule has 1 aliphatic carbocycles. The van der Waals surface area contributed by atoms with Crippen molar-refractivity contribution < 1.29 is 100 Å². The van der Waals surface area contributed by atoms with E-state index in [9.17, 15) is 90.7 Å². The first-order valence-corrected chi connectivity index (χ1v) is 31.8. The molecule has 17 N–H and O–H groups in total. The highest BCUT2D eigenvalue weighted by Crippen LogP contribution is 2.27. The summed E-state index contributed by atoms with van der Waals surface area (Å²) in [6.07, 6.45) is 24.8. The highest BCUT2D eigenvalue weighted by molar-refractivity contribution is 6.14. The molecule has 20 atom stereocenters. The Bertz CT molecular complexity index is 2520. The Balaban J connectivity index is 1.83. The molecule has 92 heavy (non-hydrogen) atoms. The summed E-state index contributed by atoms with van der Waals surface area (Å²) < 4.78 is 11.7. The molecule has 2 fully saturated rings. The Morgan fingerprint density at radius 1 is 0.543 bits per heavy atom. The van der Waals surface area contributed by atoms with Crippen molar-refractivity contribution >= 4 is 23.3 Å². The van der Waals surface area contributed by atoms with Crippen molar-refractivity contribution in [2.75, 3.05) is 6.54 Å². The molecular formula is C70H106N2O20. The second-order valence-electron chi connectivity index (χ2n) is 23.8. The molecule has 22 heteroatoms. The summed E-state index contributed by atoms with van der Waals surface area (Å²) in [4.78, 5) is 48.8. The lowest BCUT2D eigenvalue weighted by atomic mass is 9.89. The van der Waals surface area contributed by atoms with Crippen LogP contribution in [0.1, 0.15) is 118 Å². The maximum atomic E-state index is 13.6. The summed E-state index contributed by atoms with van der Waals surface area (Å²) in [5.41, 5.74) is 5.44. The molecule has 0 radical (unpaired) electrons. The van der Waals surface area contributed by atoms with Crippen molar-refractivity contribution in [1.82, 2.24) is 5.32 Å². The van der Waals surface area contributed by atoms with Gasteiger partial charge < -0.3 is 92.0 Å². The molecular weight excluding hydrogens is 1190 g/mol. The lowest BCUT2D eigenvalue weighted by molar-refractivity contribution is -0.306. The van der Waals surface area contributed by atoms with Gasteiger partial charge in [0.05, 0.1) is 79.4 Å². The molecule has 20 unspecified atom stereocenters. The maximum Gasteiger partial charge on any atom is 0.244 e. The first kappa shape index (κ1) is 82.5. The van der Waals surface area contributed by atoms with Gasteiger partial charge in [-0.25, -0.2) is 0 Å². The number of rotatable bonds is 45. The molecule has 0 aromatic carbocycles. The van der Waals surface area contributed by atoms with Crippen molar-refractivity contribution in [3.63, 3.8) is 0 Å². The van der Waals surface area contributed by atoms with Crippen LogP contribution in [0.4, 0.5) is 0 Å². The fourth-order valence-electron chi connectivity index (χ4n) is 9.88. The van der Waals surface area contributed by atoms with E-state index in [1.807, 2.05) is 31.2 Å². The number of nitrogens with two attached hydrogens (primary N) is 1. The molecule has 2 rings (SSSR count). The van der Waals surface area contributed by atoms with Gasteiger partial charge in [0.15, 0.2) is 17.9 Å². The fourth-order valence-corrected chi connectivity index (χ4v) is 9.88. The van der Waals surface area contributed by atoms with E-state index in [1.54, 1.807) is 117 Å². The van der Waals surface area contributed by atoms with Crippen LogP contribution in [0.3, 0.4) is 0 Å². The first-order valence-electron chi connectivity index (χ1n) is 31.8. The predicted molar refractivity (Wildman–Crippen MR) is 350 cm³/mol. The number of ether oxygens (including phenoxy) is 2. The van der Waals surface area contributed by atoms with E-state index in [-0.39, 0.29) is 88.1 Å². The zero-order valence-corrected chi connectivity index (χ0v) is 53.5. The van der Waals surface area contributed by atoms with E-state index >= 15 is 0 Å². The minimum absolute atomic E-state index is 0.0193. The van der Waals surface area contributed by atoms with E-state index in [1.165, 1.54) is 37.3 Å². The van der Waals surface area contributed by atoms with E-state index in [2.05, 4.69) is 5.32 Å². The number of hydrogen-bond donors (Lipinski definition) is 16. The molecule has 1 saturated heterocycles. The minimum atomic E-state index is -1.65. The topological polar surface area (TPSA) is 408 Å². The van der Waals surface area contributed by atoms with Crippen LogP contribution in [0.5, 0.6) is 0 Å². The van der Waals surface area contributed by atoms with Crippen LogP contribution in [0, 0.1) is 17.8 Å². The Morgan fingerprint density at radius 2 is 1.00 bits per heavy atom.